The van der Waals surface area contributed by atoms with Crippen molar-refractivity contribution in [3.8, 4) is 0 Å². The summed E-state index contributed by atoms with van der Waals surface area (Å²) in [5.74, 6) is 0. The van der Waals surface area contributed by atoms with E-state index in [2.05, 4.69) is 6.92 Å². The van der Waals surface area contributed by atoms with E-state index >= 15 is 0 Å². The van der Waals surface area contributed by atoms with E-state index in [9.17, 15) is 0 Å². The molecule has 0 spiro atoms. The van der Waals surface area contributed by atoms with Gasteiger partial charge in [-0.05, 0) is 0 Å². The minimum Gasteiger partial charge on any atom is -0.346 e. The van der Waals surface area contributed by atoms with Gasteiger partial charge in [0.15, 0.2) is 0 Å². The molecular weight excluding hydrogens is 131 g/mol. The molecule has 0 amide bonds. The van der Waals surface area contributed by atoms with Crippen molar-refractivity contribution in [3.63, 3.8) is 0 Å². The third-order valence-electron chi connectivity index (χ3n) is 0. The fourth-order valence-corrected chi connectivity index (χ4v) is 0. The van der Waals surface area contributed by atoms with Crippen LogP contribution in [0.15, 0.2) is 0 Å². The summed E-state index contributed by atoms with van der Waals surface area (Å²) < 4.78 is 11.3. The minimum atomic E-state index is 0. The Morgan fingerprint density at radius 3 is 1.40 bits per heavy atom. The van der Waals surface area contributed by atoms with E-state index < -0.39 is 0 Å². The summed E-state index contributed by atoms with van der Waals surface area (Å²) in [5, 5.41) is 0. The molecule has 0 rings (SSSR count). The van der Waals surface area contributed by atoms with Crippen molar-refractivity contribution in [3.05, 3.63) is 6.92 Å². The van der Waals surface area contributed by atoms with Gasteiger partial charge in [-0.1, -0.05) is 0 Å². The zero-order chi connectivity index (χ0) is 6.00. The molecule has 0 aromatic carbocycles. The van der Waals surface area contributed by atoms with E-state index in [0.717, 1.165) is 0 Å². The van der Waals surface area contributed by atoms with Gasteiger partial charge in [0.1, 0.15) is 0 Å². The van der Waals surface area contributed by atoms with Crippen LogP contribution in [0.3, 0.4) is 0 Å². The first-order valence-corrected chi connectivity index (χ1v) is 0.707. The topological polar surface area (TPSA) is 0 Å². The van der Waals surface area contributed by atoms with Crippen LogP contribution in [0.1, 0.15) is 6.92 Å². The quantitative estimate of drug-likeness (QED) is 0.350. The maximum Gasteiger partial charge on any atom is 0.0511 e. The fourth-order valence-electron chi connectivity index (χ4n) is 0. The fraction of sp³-hybridized carbons (Fsp3) is 0.500. The van der Waals surface area contributed by atoms with E-state index in [0.29, 0.717) is 0 Å². The molecule has 0 N–H and O–H groups in total. The van der Waals surface area contributed by atoms with Gasteiger partial charge < -0.3 is 6.92 Å². The predicted octanol–water partition coefficient (Wildman–Crippen LogP) is 0.954. The Balaban J connectivity index is -0.00000000900. The summed E-state index contributed by atoms with van der Waals surface area (Å²) in [4.78, 5) is 0. The van der Waals surface area contributed by atoms with Gasteiger partial charge in [-0.15, -0.1) is 0 Å². The monoisotopic (exact) mass is 144 g/mol. The molecule has 0 saturated heterocycles. The van der Waals surface area contributed by atoms with E-state index in [1.807, 2.05) is 0 Å². The van der Waals surface area contributed by atoms with Crippen LogP contribution in [0, 0.1) is 6.92 Å². The van der Waals surface area contributed by atoms with Crippen LogP contribution in [0.2, 0.25) is 0 Å². The van der Waals surface area contributed by atoms with Gasteiger partial charge in [-0.25, -0.2) is 0 Å². The second-order valence-corrected chi connectivity index (χ2v) is 0. The first kappa shape index (κ1) is 9.88. The summed E-state index contributed by atoms with van der Waals surface area (Å²) in [6.45, 7) is 5.00. The first-order valence-electron chi connectivity index (χ1n) is 1.86. The van der Waals surface area contributed by atoms with Crippen LogP contribution >= 0.6 is 19.7 Å². The molecule has 0 bridgehead atoms. The van der Waals surface area contributed by atoms with E-state index in [1.165, 1.54) is 0 Å². The van der Waals surface area contributed by atoms with E-state index in [1.54, 1.807) is 26.6 Å². The Labute approximate surface area is 62.1 Å². The molecular formula is C2H11P2Sc-. The molecule has 3 heteroatoms. The Hall–Kier alpha value is 1.73. The van der Waals surface area contributed by atoms with Crippen molar-refractivity contribution in [2.45, 2.75) is 6.92 Å². The van der Waals surface area contributed by atoms with Gasteiger partial charge in [0.25, 0.3) is 0 Å². The molecule has 2 atom stereocenters. The zero-order valence-corrected chi connectivity index (χ0v) is 7.55. The first-order chi connectivity index (χ1) is 3.00. The van der Waals surface area contributed by atoms with Gasteiger partial charge in [0, 0.05) is 25.8 Å². The third kappa shape index (κ3) is 26.6. The maximum absolute atomic E-state index is 5.67. The smallest absolute Gasteiger partial charge is 0.0511 e. The van der Waals surface area contributed by atoms with Gasteiger partial charge in [0.2, 0.25) is 0 Å². The molecule has 0 heterocycles. The average molecular weight is 144 g/mol. The van der Waals surface area contributed by atoms with Crippen molar-refractivity contribution < 1.29 is 25.8 Å². The predicted molar refractivity (Wildman–Crippen MR) is 33.2 cm³/mol. The van der Waals surface area contributed by atoms with Crippen molar-refractivity contribution in [1.82, 2.24) is 0 Å². The van der Waals surface area contributed by atoms with Crippen molar-refractivity contribution >= 4 is 19.7 Å². The standard InChI is InChI=1S/C2H5.2H3P.Sc/c1-2;;;/h1H2,2H3;2*1H3;/q-1;;;/i;2*1D;. The molecule has 0 aromatic heterocycles. The average Bonchev–Trinajstić information content (AvgIpc) is 1.81. The van der Waals surface area contributed by atoms with Crippen LogP contribution in [-0.2, 0) is 25.8 Å². The Morgan fingerprint density at radius 1 is 1.40 bits per heavy atom. The van der Waals surface area contributed by atoms with Gasteiger partial charge in [0.05, 0.1) is 2.56 Å². The van der Waals surface area contributed by atoms with Crippen LogP contribution in [0.25, 0.3) is 0 Å². The van der Waals surface area contributed by atoms with Crippen LogP contribution in [0.4, 0.5) is 0 Å². The van der Waals surface area contributed by atoms with Crippen molar-refractivity contribution in [1.29, 1.82) is 2.56 Å². The molecule has 0 fully saturated rings. The van der Waals surface area contributed by atoms with Gasteiger partial charge >= 0.3 is 0 Å². The van der Waals surface area contributed by atoms with Crippen LogP contribution in [-0.4, -0.2) is 2.56 Å². The Kier molecular flexibility index (Phi) is 84.6. The van der Waals surface area contributed by atoms with Gasteiger partial charge in [-0.2, -0.15) is 26.6 Å². The molecule has 0 aromatic rings. The SMILES string of the molecule is [2H]P.[2H]P.[CH2-]C.[Sc]. The molecule has 2 unspecified atom stereocenters. The summed E-state index contributed by atoms with van der Waals surface area (Å²) in [6, 6.07) is 0. The number of hydrogen-bond acceptors (Lipinski definition) is 0. The Morgan fingerprint density at radius 2 is 1.40 bits per heavy atom. The normalized spacial score (nSPS) is 4.00. The minimum absolute atomic E-state index is 0. The van der Waals surface area contributed by atoms with E-state index in [-0.39, 0.29) is 25.8 Å². The molecule has 0 aliphatic heterocycles. The Bertz CT molecular complexity index is 13.7. The summed E-state index contributed by atoms with van der Waals surface area (Å²) in [5.41, 5.74) is 0. The second kappa shape index (κ2) is 42.8. The molecule has 1 radical (unpaired) electrons. The number of rotatable bonds is 0. The largest absolute Gasteiger partial charge is 0.346 e. The number of hydrogen-bond donors (Lipinski definition) is 0. The third-order valence-corrected chi connectivity index (χ3v) is 0. The van der Waals surface area contributed by atoms with Crippen molar-refractivity contribution in [2.75, 3.05) is 0 Å². The summed E-state index contributed by atoms with van der Waals surface area (Å²) >= 11 is 0. The van der Waals surface area contributed by atoms with Crippen LogP contribution in [0.5, 0.6) is 0 Å². The summed E-state index contributed by atoms with van der Waals surface area (Å²) in [7, 11) is 3.33. The molecule has 0 saturated carbocycles. The molecule has 33 valence electrons. The van der Waals surface area contributed by atoms with Gasteiger partial charge in [-0.3, -0.25) is 0 Å². The van der Waals surface area contributed by atoms with E-state index in [4.69, 9.17) is 2.56 Å². The molecule has 0 aliphatic carbocycles. The summed E-state index contributed by atoms with van der Waals surface area (Å²) in [6.07, 6.45) is 0. The van der Waals surface area contributed by atoms with Crippen molar-refractivity contribution in [2.24, 2.45) is 0 Å². The molecule has 0 aliphatic rings. The van der Waals surface area contributed by atoms with Crippen LogP contribution < -0.4 is 0 Å². The molecule has 5 heavy (non-hydrogen) atoms. The zero-order valence-electron chi connectivity index (χ0n) is 5.44. The second-order valence-electron chi connectivity index (χ2n) is 0. The molecule has 0 nitrogen and oxygen atoms in total. The maximum atomic E-state index is 5.67.